The van der Waals surface area contributed by atoms with E-state index in [1.54, 1.807) is 11.3 Å². The van der Waals surface area contributed by atoms with Crippen LogP contribution in [0, 0.1) is 5.92 Å². The summed E-state index contributed by atoms with van der Waals surface area (Å²) in [5, 5.41) is 2.98. The molecule has 1 fully saturated rings. The number of piperidine rings is 1. The highest BCUT2D eigenvalue weighted by molar-refractivity contribution is 7.16. The number of ether oxygens (including phenoxy) is 2. The van der Waals surface area contributed by atoms with Crippen LogP contribution in [-0.2, 0) is 11.3 Å². The number of anilines is 1. The Hall–Kier alpha value is -1.76. The predicted molar refractivity (Wildman–Crippen MR) is 113 cm³/mol. The van der Waals surface area contributed by atoms with Gasteiger partial charge in [-0.3, -0.25) is 9.69 Å². The van der Waals surface area contributed by atoms with Gasteiger partial charge in [-0.05, 0) is 62.5 Å². The number of halogens is 1. The van der Waals surface area contributed by atoms with Crippen LogP contribution in [0.15, 0.2) is 30.3 Å². The smallest absolute Gasteiger partial charge is 0.224 e. The minimum atomic E-state index is 0.0623. The summed E-state index contributed by atoms with van der Waals surface area (Å²) in [7, 11) is 0. The van der Waals surface area contributed by atoms with Gasteiger partial charge in [0, 0.05) is 29.6 Å². The molecule has 4 rings (SSSR count). The normalized spacial score (nSPS) is 17.5. The maximum atomic E-state index is 12.3. The highest BCUT2D eigenvalue weighted by Crippen LogP contribution is 2.33. The lowest BCUT2D eigenvalue weighted by atomic mass is 9.92. The molecule has 1 saturated heterocycles. The van der Waals surface area contributed by atoms with E-state index in [9.17, 15) is 4.79 Å². The molecule has 2 aromatic rings. The molecule has 0 unspecified atom stereocenters. The Kier molecular flexibility index (Phi) is 6.40. The lowest BCUT2D eigenvalue weighted by Crippen LogP contribution is -2.33. The molecule has 5 nitrogen and oxygen atoms in total. The molecule has 1 amide bonds. The molecule has 28 heavy (non-hydrogen) atoms. The van der Waals surface area contributed by atoms with Crippen molar-refractivity contribution < 1.29 is 14.3 Å². The van der Waals surface area contributed by atoms with Crippen molar-refractivity contribution in [1.82, 2.24) is 4.90 Å². The second-order valence-corrected chi connectivity index (χ2v) is 9.17. The summed E-state index contributed by atoms with van der Waals surface area (Å²) in [6.07, 6.45) is 3.79. The van der Waals surface area contributed by atoms with Crippen LogP contribution in [0.3, 0.4) is 0 Å². The summed E-state index contributed by atoms with van der Waals surface area (Å²) in [6, 6.07) is 9.62. The van der Waals surface area contributed by atoms with Crippen molar-refractivity contribution in [3.05, 3.63) is 39.5 Å². The zero-order valence-electron chi connectivity index (χ0n) is 15.8. The summed E-state index contributed by atoms with van der Waals surface area (Å²) in [6.45, 7) is 4.27. The van der Waals surface area contributed by atoms with Crippen molar-refractivity contribution >= 4 is 34.5 Å². The van der Waals surface area contributed by atoms with Gasteiger partial charge < -0.3 is 14.8 Å². The lowest BCUT2D eigenvalue weighted by molar-refractivity contribution is -0.116. The van der Waals surface area contributed by atoms with E-state index >= 15 is 0 Å². The predicted octanol–water partition coefficient (Wildman–Crippen LogP) is 4.80. The standard InChI is InChI=1S/C21H25ClN2O3S/c22-20-5-3-17(28-20)14-24-9-7-15(8-10-24)1-6-21(25)23-16-2-4-18-19(13-16)27-12-11-26-18/h2-5,13,15H,1,6-12,14H2,(H,23,25). The van der Waals surface area contributed by atoms with Gasteiger partial charge in [0.2, 0.25) is 5.91 Å². The SMILES string of the molecule is O=C(CCC1CCN(Cc2ccc(Cl)s2)CC1)Nc1ccc2c(c1)OCCO2. The third-order valence-corrected chi connectivity index (χ3v) is 6.54. The summed E-state index contributed by atoms with van der Waals surface area (Å²) >= 11 is 7.67. The van der Waals surface area contributed by atoms with Crippen molar-refractivity contribution in [3.8, 4) is 11.5 Å². The fourth-order valence-corrected chi connectivity index (χ4v) is 4.90. The molecule has 0 radical (unpaired) electrons. The fourth-order valence-electron chi connectivity index (χ4n) is 3.77. The first kappa shape index (κ1) is 19.6. The number of thiophene rings is 1. The Morgan fingerprint density at radius 3 is 2.68 bits per heavy atom. The molecule has 1 aromatic heterocycles. The number of fused-ring (bicyclic) bond motifs is 1. The number of likely N-dealkylation sites (tertiary alicyclic amines) is 1. The zero-order valence-corrected chi connectivity index (χ0v) is 17.4. The van der Waals surface area contributed by atoms with Gasteiger partial charge in [-0.2, -0.15) is 0 Å². The fraction of sp³-hybridized carbons (Fsp3) is 0.476. The average Bonchev–Trinajstić information content (AvgIpc) is 3.12. The summed E-state index contributed by atoms with van der Waals surface area (Å²) < 4.78 is 11.9. The maximum Gasteiger partial charge on any atom is 0.224 e. The number of hydrogen-bond donors (Lipinski definition) is 1. The number of rotatable bonds is 6. The van der Waals surface area contributed by atoms with Crippen molar-refractivity contribution in [2.24, 2.45) is 5.92 Å². The Labute approximate surface area is 174 Å². The molecule has 0 aliphatic carbocycles. The van der Waals surface area contributed by atoms with Crippen molar-refractivity contribution in [2.75, 3.05) is 31.6 Å². The molecule has 7 heteroatoms. The van der Waals surface area contributed by atoms with E-state index < -0.39 is 0 Å². The Balaban J connectivity index is 1.18. The van der Waals surface area contributed by atoms with Gasteiger partial charge in [-0.15, -0.1) is 11.3 Å². The molecular formula is C21H25ClN2O3S. The third kappa shape index (κ3) is 5.19. The van der Waals surface area contributed by atoms with Gasteiger partial charge in [0.05, 0.1) is 4.34 Å². The zero-order chi connectivity index (χ0) is 19.3. The molecule has 1 aromatic carbocycles. The highest BCUT2D eigenvalue weighted by Gasteiger charge is 2.20. The van der Waals surface area contributed by atoms with E-state index in [0.29, 0.717) is 31.3 Å². The van der Waals surface area contributed by atoms with E-state index in [1.165, 1.54) is 4.88 Å². The molecule has 1 N–H and O–H groups in total. The molecule has 3 heterocycles. The first-order chi connectivity index (χ1) is 13.7. The van der Waals surface area contributed by atoms with Gasteiger partial charge in [-0.1, -0.05) is 11.6 Å². The lowest BCUT2D eigenvalue weighted by Gasteiger charge is -2.31. The van der Waals surface area contributed by atoms with Crippen LogP contribution in [0.25, 0.3) is 0 Å². The van der Waals surface area contributed by atoms with Gasteiger partial charge >= 0.3 is 0 Å². The molecule has 0 saturated carbocycles. The van der Waals surface area contributed by atoms with E-state index in [4.69, 9.17) is 21.1 Å². The van der Waals surface area contributed by atoms with Crippen LogP contribution in [0.4, 0.5) is 5.69 Å². The molecule has 0 spiro atoms. The third-order valence-electron chi connectivity index (χ3n) is 5.32. The van der Waals surface area contributed by atoms with E-state index in [1.807, 2.05) is 24.3 Å². The van der Waals surface area contributed by atoms with E-state index in [0.717, 1.165) is 54.7 Å². The Morgan fingerprint density at radius 2 is 1.93 bits per heavy atom. The van der Waals surface area contributed by atoms with Crippen LogP contribution < -0.4 is 14.8 Å². The first-order valence-electron chi connectivity index (χ1n) is 9.82. The van der Waals surface area contributed by atoms with Gasteiger partial charge in [0.25, 0.3) is 0 Å². The Bertz CT molecular complexity index is 818. The summed E-state index contributed by atoms with van der Waals surface area (Å²) in [4.78, 5) is 16.1. The largest absolute Gasteiger partial charge is 0.486 e. The average molecular weight is 421 g/mol. The second-order valence-electron chi connectivity index (χ2n) is 7.37. The minimum absolute atomic E-state index is 0.0623. The van der Waals surface area contributed by atoms with Gasteiger partial charge in [0.1, 0.15) is 13.2 Å². The number of nitrogens with one attached hydrogen (secondary N) is 1. The molecule has 150 valence electrons. The van der Waals surface area contributed by atoms with Crippen LogP contribution >= 0.6 is 22.9 Å². The molecule has 2 aliphatic rings. The van der Waals surface area contributed by atoms with Crippen molar-refractivity contribution in [3.63, 3.8) is 0 Å². The quantitative estimate of drug-likeness (QED) is 0.729. The minimum Gasteiger partial charge on any atom is -0.486 e. The van der Waals surface area contributed by atoms with Crippen LogP contribution in [0.5, 0.6) is 11.5 Å². The molecule has 2 aliphatic heterocycles. The van der Waals surface area contributed by atoms with Crippen LogP contribution in [0.2, 0.25) is 4.34 Å². The first-order valence-corrected chi connectivity index (χ1v) is 11.0. The topological polar surface area (TPSA) is 50.8 Å². The number of amides is 1. The highest BCUT2D eigenvalue weighted by atomic mass is 35.5. The monoisotopic (exact) mass is 420 g/mol. The van der Waals surface area contributed by atoms with Crippen molar-refractivity contribution in [1.29, 1.82) is 0 Å². The molecule has 0 atom stereocenters. The van der Waals surface area contributed by atoms with Crippen molar-refractivity contribution in [2.45, 2.75) is 32.2 Å². The second kappa shape index (κ2) is 9.16. The number of carbonyl (C=O) groups excluding carboxylic acids is 1. The molecule has 0 bridgehead atoms. The maximum absolute atomic E-state index is 12.3. The van der Waals surface area contributed by atoms with Gasteiger partial charge in [0.15, 0.2) is 11.5 Å². The number of benzene rings is 1. The van der Waals surface area contributed by atoms with E-state index in [2.05, 4.69) is 16.3 Å². The number of hydrogen-bond acceptors (Lipinski definition) is 5. The van der Waals surface area contributed by atoms with E-state index in [-0.39, 0.29) is 5.91 Å². The van der Waals surface area contributed by atoms with Crippen LogP contribution in [-0.4, -0.2) is 37.1 Å². The summed E-state index contributed by atoms with van der Waals surface area (Å²) in [5.41, 5.74) is 0.763. The number of nitrogens with zero attached hydrogens (tertiary/aromatic N) is 1. The molecular weight excluding hydrogens is 396 g/mol. The van der Waals surface area contributed by atoms with Crippen LogP contribution in [0.1, 0.15) is 30.6 Å². The number of carbonyl (C=O) groups is 1. The Morgan fingerprint density at radius 1 is 1.14 bits per heavy atom. The summed E-state index contributed by atoms with van der Waals surface area (Å²) in [5.74, 6) is 2.12. The van der Waals surface area contributed by atoms with Gasteiger partial charge in [-0.25, -0.2) is 0 Å².